The van der Waals surface area contributed by atoms with Crippen molar-refractivity contribution in [3.63, 3.8) is 0 Å². The Morgan fingerprint density at radius 2 is 1.80 bits per heavy atom. The summed E-state index contributed by atoms with van der Waals surface area (Å²) in [7, 11) is -3.53. The van der Waals surface area contributed by atoms with Crippen LogP contribution in [0.4, 0.5) is 5.69 Å². The van der Waals surface area contributed by atoms with E-state index in [-0.39, 0.29) is 23.1 Å². The van der Waals surface area contributed by atoms with Crippen LogP contribution < -0.4 is 5.73 Å². The van der Waals surface area contributed by atoms with Gasteiger partial charge in [0.1, 0.15) is 0 Å². The van der Waals surface area contributed by atoms with Gasteiger partial charge in [-0.05, 0) is 30.2 Å². The molecule has 0 saturated heterocycles. The van der Waals surface area contributed by atoms with Gasteiger partial charge in [-0.3, -0.25) is 0 Å². The van der Waals surface area contributed by atoms with E-state index in [4.69, 9.17) is 10.5 Å². The smallest absolute Gasteiger partial charge is 0.204 e. The Kier molecular flexibility index (Phi) is 4.42. The Morgan fingerprint density at radius 1 is 1.10 bits per heavy atom. The van der Waals surface area contributed by atoms with E-state index in [1.54, 1.807) is 18.2 Å². The molecule has 0 aliphatic rings. The fraction of sp³-hybridized carbons (Fsp3) is 0.200. The standard InChI is InChI=1S/C15H17NO3S/c1-12-7-8-14(16)15(9-12)20(17,18)11-19-10-13-5-3-2-4-6-13/h2-9H,10-11,16H2,1H3. The van der Waals surface area contributed by atoms with Crippen molar-refractivity contribution in [3.8, 4) is 0 Å². The summed E-state index contributed by atoms with van der Waals surface area (Å²) < 4.78 is 29.7. The van der Waals surface area contributed by atoms with Crippen LogP contribution >= 0.6 is 0 Å². The van der Waals surface area contributed by atoms with Crippen LogP contribution in [-0.2, 0) is 21.2 Å². The van der Waals surface area contributed by atoms with Gasteiger partial charge in [0.25, 0.3) is 0 Å². The zero-order chi connectivity index (χ0) is 14.6. The molecule has 0 atom stereocenters. The second-order valence-corrected chi connectivity index (χ2v) is 6.51. The highest BCUT2D eigenvalue weighted by atomic mass is 32.2. The van der Waals surface area contributed by atoms with Crippen molar-refractivity contribution in [1.82, 2.24) is 0 Å². The van der Waals surface area contributed by atoms with Crippen molar-refractivity contribution in [1.29, 1.82) is 0 Å². The van der Waals surface area contributed by atoms with Gasteiger partial charge in [-0.25, -0.2) is 8.42 Å². The largest absolute Gasteiger partial charge is 0.398 e. The van der Waals surface area contributed by atoms with Gasteiger partial charge < -0.3 is 10.5 Å². The SMILES string of the molecule is Cc1ccc(N)c(S(=O)(=O)COCc2ccccc2)c1. The van der Waals surface area contributed by atoms with Gasteiger partial charge in [0.05, 0.1) is 17.2 Å². The van der Waals surface area contributed by atoms with Crippen molar-refractivity contribution < 1.29 is 13.2 Å². The van der Waals surface area contributed by atoms with Crippen LogP contribution in [0.3, 0.4) is 0 Å². The molecule has 20 heavy (non-hydrogen) atoms. The van der Waals surface area contributed by atoms with Gasteiger partial charge >= 0.3 is 0 Å². The number of rotatable bonds is 5. The molecule has 0 aromatic heterocycles. The molecule has 4 nitrogen and oxygen atoms in total. The maximum atomic E-state index is 12.2. The van der Waals surface area contributed by atoms with Gasteiger partial charge in [-0.15, -0.1) is 0 Å². The average molecular weight is 291 g/mol. The van der Waals surface area contributed by atoms with E-state index in [1.807, 2.05) is 37.3 Å². The van der Waals surface area contributed by atoms with Gasteiger partial charge in [-0.1, -0.05) is 36.4 Å². The van der Waals surface area contributed by atoms with Gasteiger partial charge in [0, 0.05) is 0 Å². The van der Waals surface area contributed by atoms with Crippen LogP contribution in [0.1, 0.15) is 11.1 Å². The molecule has 0 aliphatic carbocycles. The molecule has 106 valence electrons. The number of nitrogens with two attached hydrogens (primary N) is 1. The first kappa shape index (κ1) is 14.6. The summed E-state index contributed by atoms with van der Waals surface area (Å²) in [5.74, 6) is -0.379. The highest BCUT2D eigenvalue weighted by Gasteiger charge is 2.18. The Labute approximate surface area is 119 Å². The van der Waals surface area contributed by atoms with Crippen molar-refractivity contribution in [2.75, 3.05) is 11.7 Å². The molecule has 2 rings (SSSR count). The average Bonchev–Trinajstić information content (AvgIpc) is 2.42. The number of benzene rings is 2. The number of ether oxygens (including phenoxy) is 1. The molecule has 0 radical (unpaired) electrons. The number of anilines is 1. The molecule has 0 spiro atoms. The summed E-state index contributed by atoms with van der Waals surface area (Å²) in [6.07, 6.45) is 0. The van der Waals surface area contributed by atoms with Crippen LogP contribution in [0.25, 0.3) is 0 Å². The predicted molar refractivity (Wildman–Crippen MR) is 78.9 cm³/mol. The molecule has 0 unspecified atom stereocenters. The first-order chi connectivity index (χ1) is 9.49. The van der Waals surface area contributed by atoms with Gasteiger partial charge in [-0.2, -0.15) is 0 Å². The fourth-order valence-electron chi connectivity index (χ4n) is 1.82. The van der Waals surface area contributed by atoms with E-state index in [2.05, 4.69) is 0 Å². The number of hydrogen-bond acceptors (Lipinski definition) is 4. The Balaban J connectivity index is 2.06. The zero-order valence-electron chi connectivity index (χ0n) is 11.2. The molecule has 0 saturated carbocycles. The monoisotopic (exact) mass is 291 g/mol. The van der Waals surface area contributed by atoms with E-state index in [1.165, 1.54) is 0 Å². The van der Waals surface area contributed by atoms with Crippen LogP contribution in [0.15, 0.2) is 53.4 Å². The Bertz CT molecular complexity index is 682. The minimum atomic E-state index is -3.53. The zero-order valence-corrected chi connectivity index (χ0v) is 12.1. The summed E-state index contributed by atoms with van der Waals surface area (Å²) in [4.78, 5) is 0.130. The lowest BCUT2D eigenvalue weighted by molar-refractivity contribution is 0.163. The molecule has 0 bridgehead atoms. The number of sulfone groups is 1. The maximum absolute atomic E-state index is 12.2. The van der Waals surface area contributed by atoms with Crippen LogP contribution in [0, 0.1) is 6.92 Å². The first-order valence-electron chi connectivity index (χ1n) is 6.19. The summed E-state index contributed by atoms with van der Waals surface area (Å²) >= 11 is 0. The molecule has 2 aromatic carbocycles. The van der Waals surface area contributed by atoms with Crippen molar-refractivity contribution >= 4 is 15.5 Å². The third-order valence-corrected chi connectivity index (χ3v) is 4.35. The molecule has 0 heterocycles. The summed E-state index contributed by atoms with van der Waals surface area (Å²) in [5.41, 5.74) is 7.75. The fourth-order valence-corrected chi connectivity index (χ4v) is 3.04. The molecule has 5 heteroatoms. The third kappa shape index (κ3) is 3.59. The van der Waals surface area contributed by atoms with Crippen molar-refractivity contribution in [2.45, 2.75) is 18.4 Å². The van der Waals surface area contributed by atoms with Gasteiger partial charge in [0.15, 0.2) is 5.94 Å². The van der Waals surface area contributed by atoms with E-state index in [0.717, 1.165) is 11.1 Å². The first-order valence-corrected chi connectivity index (χ1v) is 7.85. The second-order valence-electron chi connectivity index (χ2n) is 4.61. The van der Waals surface area contributed by atoms with E-state index < -0.39 is 9.84 Å². The molecule has 0 fully saturated rings. The summed E-state index contributed by atoms with van der Waals surface area (Å²) in [6.45, 7) is 2.08. The lowest BCUT2D eigenvalue weighted by Gasteiger charge is -2.09. The lowest BCUT2D eigenvalue weighted by atomic mass is 10.2. The van der Waals surface area contributed by atoms with Crippen molar-refractivity contribution in [2.24, 2.45) is 0 Å². The van der Waals surface area contributed by atoms with E-state index in [0.29, 0.717) is 0 Å². The molecular formula is C15H17NO3S. The van der Waals surface area contributed by atoms with Crippen LogP contribution in [0.2, 0.25) is 0 Å². The van der Waals surface area contributed by atoms with Gasteiger partial charge in [0.2, 0.25) is 9.84 Å². The molecule has 2 aromatic rings. The second kappa shape index (κ2) is 6.07. The molecule has 0 amide bonds. The van der Waals surface area contributed by atoms with E-state index >= 15 is 0 Å². The van der Waals surface area contributed by atoms with Crippen LogP contribution in [0.5, 0.6) is 0 Å². The molecule has 0 aliphatic heterocycles. The summed E-state index contributed by atoms with van der Waals surface area (Å²) in [5, 5.41) is 0. The number of aryl methyl sites for hydroxylation is 1. The third-order valence-electron chi connectivity index (χ3n) is 2.85. The number of nitrogen functional groups attached to an aromatic ring is 1. The predicted octanol–water partition coefficient (Wildman–Crippen LogP) is 2.53. The molecule has 2 N–H and O–H groups in total. The van der Waals surface area contributed by atoms with E-state index in [9.17, 15) is 8.42 Å². The lowest BCUT2D eigenvalue weighted by Crippen LogP contribution is -2.12. The highest BCUT2D eigenvalue weighted by Crippen LogP contribution is 2.21. The summed E-state index contributed by atoms with van der Waals surface area (Å²) in [6, 6.07) is 14.4. The normalized spacial score (nSPS) is 11.4. The van der Waals surface area contributed by atoms with Crippen molar-refractivity contribution in [3.05, 3.63) is 59.7 Å². The Morgan fingerprint density at radius 3 is 2.50 bits per heavy atom. The minimum Gasteiger partial charge on any atom is -0.398 e. The van der Waals surface area contributed by atoms with Crippen LogP contribution in [-0.4, -0.2) is 14.4 Å². The number of hydrogen-bond donors (Lipinski definition) is 1. The quantitative estimate of drug-likeness (QED) is 0.859. The maximum Gasteiger partial charge on any atom is 0.204 e. The minimum absolute atomic E-state index is 0.130. The topological polar surface area (TPSA) is 69.4 Å². The Hall–Kier alpha value is -1.85. The molecular weight excluding hydrogens is 274 g/mol. The highest BCUT2D eigenvalue weighted by molar-refractivity contribution is 7.91.